The number of nitrogens with zero attached hydrogens (tertiary/aromatic N) is 2. The zero-order chi connectivity index (χ0) is 32.6. The molecule has 3 aromatic rings. The first kappa shape index (κ1) is 32.0. The van der Waals surface area contributed by atoms with E-state index in [0.29, 0.717) is 6.61 Å². The maximum absolute atomic E-state index is 12.1. The second-order valence-electron chi connectivity index (χ2n) is 12.5. The summed E-state index contributed by atoms with van der Waals surface area (Å²) in [5.41, 5.74) is 20.5. The van der Waals surface area contributed by atoms with Gasteiger partial charge in [0.25, 0.3) is 0 Å². The average molecular weight is 603 g/mol. The van der Waals surface area contributed by atoms with Gasteiger partial charge >= 0.3 is 5.97 Å². The van der Waals surface area contributed by atoms with Crippen molar-refractivity contribution in [1.82, 2.24) is 9.97 Å². The van der Waals surface area contributed by atoms with Crippen molar-refractivity contribution < 1.29 is 9.53 Å². The minimum atomic E-state index is -0.243. The smallest absolute Gasteiger partial charge is 0.311 e. The van der Waals surface area contributed by atoms with Crippen molar-refractivity contribution in [3.63, 3.8) is 0 Å². The first-order chi connectivity index (χ1) is 21.4. The largest absolute Gasteiger partial charge is 0.466 e. The van der Waals surface area contributed by atoms with E-state index >= 15 is 0 Å². The zero-order valence-corrected chi connectivity index (χ0v) is 28.5. The van der Waals surface area contributed by atoms with E-state index in [9.17, 15) is 4.79 Å². The number of hydrogen-bond donors (Lipinski definition) is 2. The van der Waals surface area contributed by atoms with Gasteiger partial charge in [-0.3, -0.25) is 14.8 Å². The lowest BCUT2D eigenvalue weighted by Crippen LogP contribution is -2.10. The molecular formula is C39H46N4O2. The lowest BCUT2D eigenvalue weighted by Gasteiger charge is -2.03. The number of benzene rings is 1. The van der Waals surface area contributed by atoms with E-state index in [2.05, 4.69) is 102 Å². The molecule has 0 aliphatic carbocycles. The molecule has 5 rings (SSSR count). The first-order valence-corrected chi connectivity index (χ1v) is 15.9. The fraction of sp³-hybridized carbons (Fsp3) is 0.359. The number of carbonyl (C=O) groups excluding carboxylic acids is 1. The average Bonchev–Trinajstić information content (AvgIpc) is 3.62. The Morgan fingerprint density at radius 1 is 0.667 bits per heavy atom. The molecule has 4 heterocycles. The van der Waals surface area contributed by atoms with Crippen molar-refractivity contribution in [3.8, 4) is 0 Å². The highest BCUT2D eigenvalue weighted by molar-refractivity contribution is 6.12. The standard InChI is InChI=1S/C39H46N4O2/c1-11-45-39(44)20-38-29(10)28(9)37(43-38)19-36-27(8)26(7)35(42-36)18-34-25(6)24(5)33(41-34)17-32-23(4)22(3)31(40-32)16-30-14-12-21(2)13-15-30/h12-15,17,19,40,42H,11,16,18,20H2,1-10H3/b33-17-,37-19-. The van der Waals surface area contributed by atoms with Gasteiger partial charge in [-0.15, -0.1) is 0 Å². The highest BCUT2D eigenvalue weighted by Crippen LogP contribution is 2.33. The Balaban J connectivity index is 1.38. The van der Waals surface area contributed by atoms with Crippen LogP contribution in [0.15, 0.2) is 67.9 Å². The van der Waals surface area contributed by atoms with Gasteiger partial charge in [0.15, 0.2) is 0 Å². The number of hydrogen-bond acceptors (Lipinski definition) is 4. The van der Waals surface area contributed by atoms with Gasteiger partial charge in [-0.1, -0.05) is 29.8 Å². The molecule has 0 amide bonds. The maximum Gasteiger partial charge on any atom is 0.311 e. The summed E-state index contributed by atoms with van der Waals surface area (Å²) in [5, 5.41) is 0. The lowest BCUT2D eigenvalue weighted by molar-refractivity contribution is -0.141. The van der Waals surface area contributed by atoms with E-state index < -0.39 is 0 Å². The number of rotatable bonds is 9. The predicted octanol–water partition coefficient (Wildman–Crippen LogP) is 8.94. The highest BCUT2D eigenvalue weighted by Gasteiger charge is 2.23. The van der Waals surface area contributed by atoms with Gasteiger partial charge in [-0.25, -0.2) is 0 Å². The van der Waals surface area contributed by atoms with Crippen LogP contribution in [0.25, 0.3) is 12.2 Å². The molecule has 2 aliphatic heterocycles. The molecule has 0 spiro atoms. The third-order valence-corrected chi connectivity index (χ3v) is 9.70. The van der Waals surface area contributed by atoms with Crippen LogP contribution in [0.5, 0.6) is 0 Å². The Hall–Kier alpha value is -4.45. The summed E-state index contributed by atoms with van der Waals surface area (Å²) in [5.74, 6) is -0.243. The van der Waals surface area contributed by atoms with Gasteiger partial charge in [0.2, 0.25) is 0 Å². The molecule has 0 unspecified atom stereocenters. The van der Waals surface area contributed by atoms with Crippen LogP contribution < -0.4 is 0 Å². The summed E-state index contributed by atoms with van der Waals surface area (Å²) in [6.07, 6.45) is 6.11. The maximum atomic E-state index is 12.1. The van der Waals surface area contributed by atoms with Gasteiger partial charge < -0.3 is 14.7 Å². The quantitative estimate of drug-likeness (QED) is 0.240. The van der Waals surface area contributed by atoms with Crippen molar-refractivity contribution in [2.75, 3.05) is 6.61 Å². The van der Waals surface area contributed by atoms with Crippen molar-refractivity contribution in [3.05, 3.63) is 114 Å². The second kappa shape index (κ2) is 12.9. The van der Waals surface area contributed by atoms with E-state index in [1.807, 2.05) is 13.8 Å². The fourth-order valence-corrected chi connectivity index (χ4v) is 5.97. The van der Waals surface area contributed by atoms with Crippen molar-refractivity contribution in [2.45, 2.75) is 88.5 Å². The predicted molar refractivity (Wildman–Crippen MR) is 187 cm³/mol. The van der Waals surface area contributed by atoms with Crippen LogP contribution in [0.1, 0.15) is 97.2 Å². The number of aliphatic imine (C=N–C) groups is 2. The number of nitrogens with one attached hydrogen (secondary N) is 2. The molecule has 1 aromatic carbocycles. The summed E-state index contributed by atoms with van der Waals surface area (Å²) in [6.45, 7) is 21.4. The Morgan fingerprint density at radius 2 is 1.16 bits per heavy atom. The molecule has 0 fully saturated rings. The molecule has 6 heteroatoms. The SMILES string of the molecule is CCOC(=O)CC1=N/C(=C\c2[nH]c(CC3=N/C(=C\c4[nH]c(Cc5ccc(C)cc5)c(C)c4C)C(C)=C3C)c(C)c2C)C(C)=C1C. The number of H-pyrrole nitrogens is 2. The topological polar surface area (TPSA) is 82.6 Å². The van der Waals surface area contributed by atoms with Crippen LogP contribution in [-0.4, -0.2) is 34.0 Å². The number of esters is 1. The summed E-state index contributed by atoms with van der Waals surface area (Å²) < 4.78 is 5.15. The molecule has 0 saturated carbocycles. The number of aromatic nitrogens is 2. The van der Waals surface area contributed by atoms with Crippen molar-refractivity contribution >= 4 is 29.5 Å². The molecular weight excluding hydrogens is 556 g/mol. The molecule has 0 radical (unpaired) electrons. The summed E-state index contributed by atoms with van der Waals surface area (Å²) in [6, 6.07) is 8.77. The van der Waals surface area contributed by atoms with E-state index in [1.54, 1.807) is 0 Å². The van der Waals surface area contributed by atoms with Crippen LogP contribution in [0, 0.1) is 34.6 Å². The highest BCUT2D eigenvalue weighted by atomic mass is 16.5. The number of ether oxygens (including phenoxy) is 1. The Morgan fingerprint density at radius 3 is 1.69 bits per heavy atom. The number of carbonyl (C=O) groups is 1. The monoisotopic (exact) mass is 602 g/mol. The van der Waals surface area contributed by atoms with Gasteiger partial charge in [-0.05, 0) is 131 Å². The van der Waals surface area contributed by atoms with Gasteiger partial charge in [0.1, 0.15) is 0 Å². The minimum absolute atomic E-state index is 0.193. The molecule has 234 valence electrons. The Labute approximate surface area is 267 Å². The van der Waals surface area contributed by atoms with Gasteiger partial charge in [-0.2, -0.15) is 0 Å². The van der Waals surface area contributed by atoms with Crippen LogP contribution in [0.2, 0.25) is 0 Å². The second-order valence-corrected chi connectivity index (χ2v) is 12.5. The molecule has 45 heavy (non-hydrogen) atoms. The molecule has 0 saturated heterocycles. The molecule has 2 N–H and O–H groups in total. The lowest BCUT2D eigenvalue weighted by atomic mass is 10.0. The number of aryl methyl sites for hydroxylation is 1. The molecule has 6 nitrogen and oxygen atoms in total. The van der Waals surface area contributed by atoms with Crippen molar-refractivity contribution in [1.29, 1.82) is 0 Å². The Kier molecular flexibility index (Phi) is 9.15. The van der Waals surface area contributed by atoms with Crippen LogP contribution in [0.3, 0.4) is 0 Å². The van der Waals surface area contributed by atoms with E-state index in [1.165, 1.54) is 50.2 Å². The molecule has 0 bridgehead atoms. The summed E-state index contributed by atoms with van der Waals surface area (Å²) in [7, 11) is 0. The minimum Gasteiger partial charge on any atom is -0.466 e. The normalized spacial score (nSPS) is 16.8. The third kappa shape index (κ3) is 6.51. The first-order valence-electron chi connectivity index (χ1n) is 15.9. The van der Waals surface area contributed by atoms with Gasteiger partial charge in [0, 0.05) is 35.6 Å². The van der Waals surface area contributed by atoms with E-state index in [0.717, 1.165) is 63.9 Å². The van der Waals surface area contributed by atoms with E-state index in [-0.39, 0.29) is 12.4 Å². The molecule has 2 aromatic heterocycles. The van der Waals surface area contributed by atoms with Gasteiger partial charge in [0.05, 0.1) is 35.8 Å². The van der Waals surface area contributed by atoms with Crippen molar-refractivity contribution in [2.24, 2.45) is 9.98 Å². The fourth-order valence-electron chi connectivity index (χ4n) is 5.97. The number of aromatic amines is 2. The van der Waals surface area contributed by atoms with E-state index in [4.69, 9.17) is 14.7 Å². The van der Waals surface area contributed by atoms with Crippen LogP contribution >= 0.6 is 0 Å². The zero-order valence-electron chi connectivity index (χ0n) is 28.5. The van der Waals surface area contributed by atoms with Crippen LogP contribution in [0.4, 0.5) is 0 Å². The van der Waals surface area contributed by atoms with Crippen LogP contribution in [-0.2, 0) is 22.4 Å². The third-order valence-electron chi connectivity index (χ3n) is 9.70. The summed E-state index contributed by atoms with van der Waals surface area (Å²) >= 11 is 0. The molecule has 0 atom stereocenters. The number of allylic oxidation sites excluding steroid dienone is 4. The Bertz CT molecular complexity index is 1860. The molecule has 2 aliphatic rings. The summed E-state index contributed by atoms with van der Waals surface area (Å²) in [4.78, 5) is 29.4.